The van der Waals surface area contributed by atoms with Crippen LogP contribution in [0.5, 0.6) is 11.5 Å². The Kier molecular flexibility index (Phi) is 15.8. The van der Waals surface area contributed by atoms with Crippen molar-refractivity contribution in [3.63, 3.8) is 0 Å². The van der Waals surface area contributed by atoms with E-state index in [-0.39, 0.29) is 5.78 Å². The van der Waals surface area contributed by atoms with Crippen LogP contribution in [-0.2, 0) is 11.2 Å². The van der Waals surface area contributed by atoms with Crippen LogP contribution in [0.4, 0.5) is 0 Å². The lowest BCUT2D eigenvalue weighted by Crippen LogP contribution is -1.94. The number of ether oxygens (including phenoxy) is 2. The van der Waals surface area contributed by atoms with E-state index < -0.39 is 0 Å². The Bertz CT molecular complexity index is 592. The van der Waals surface area contributed by atoms with Crippen LogP contribution in [0.25, 0.3) is 0 Å². The van der Waals surface area contributed by atoms with Gasteiger partial charge in [-0.3, -0.25) is 4.79 Å². The fraction of sp³-hybridized carbons (Fsp3) is 0.667. The monoisotopic (exact) mass is 416 g/mol. The van der Waals surface area contributed by atoms with E-state index in [1.54, 1.807) is 20.3 Å². The van der Waals surface area contributed by atoms with Crippen LogP contribution in [0.15, 0.2) is 30.4 Å². The average molecular weight is 417 g/mol. The van der Waals surface area contributed by atoms with Gasteiger partial charge in [0, 0.05) is 6.42 Å². The van der Waals surface area contributed by atoms with Gasteiger partial charge in [-0.05, 0) is 49.5 Å². The molecule has 0 saturated heterocycles. The molecule has 0 radical (unpaired) electrons. The van der Waals surface area contributed by atoms with Crippen molar-refractivity contribution in [1.29, 1.82) is 0 Å². The van der Waals surface area contributed by atoms with E-state index in [1.165, 1.54) is 69.8 Å². The van der Waals surface area contributed by atoms with Crippen molar-refractivity contribution < 1.29 is 14.3 Å². The molecule has 0 heterocycles. The second kappa shape index (κ2) is 18.0. The van der Waals surface area contributed by atoms with Gasteiger partial charge in [0.05, 0.1) is 14.2 Å². The molecule has 30 heavy (non-hydrogen) atoms. The van der Waals surface area contributed by atoms with Crippen molar-refractivity contribution in [2.24, 2.45) is 0 Å². The fourth-order valence-electron chi connectivity index (χ4n) is 3.72. The van der Waals surface area contributed by atoms with E-state index in [1.807, 2.05) is 18.2 Å². The molecule has 0 aliphatic carbocycles. The van der Waals surface area contributed by atoms with Crippen LogP contribution >= 0.6 is 0 Å². The molecule has 0 amide bonds. The summed E-state index contributed by atoms with van der Waals surface area (Å²) in [4.78, 5) is 12.0. The Hall–Kier alpha value is -1.77. The number of rotatable bonds is 19. The number of unbranched alkanes of at least 4 members (excludes halogenated alkanes) is 11. The minimum absolute atomic E-state index is 0.275. The van der Waals surface area contributed by atoms with Crippen molar-refractivity contribution in [3.05, 3.63) is 35.9 Å². The number of aryl methyl sites for hydroxylation is 1. The molecular formula is C27H44O3. The van der Waals surface area contributed by atoms with Crippen molar-refractivity contribution in [2.75, 3.05) is 14.2 Å². The van der Waals surface area contributed by atoms with E-state index in [9.17, 15) is 4.79 Å². The third kappa shape index (κ3) is 12.7. The molecule has 170 valence electrons. The summed E-state index contributed by atoms with van der Waals surface area (Å²) in [7, 11) is 3.31. The summed E-state index contributed by atoms with van der Waals surface area (Å²) in [5.41, 5.74) is 1.23. The van der Waals surface area contributed by atoms with Gasteiger partial charge in [-0.25, -0.2) is 0 Å². The topological polar surface area (TPSA) is 35.5 Å². The SMILES string of the molecule is CCCCCCCCCCCCCC(=O)C=CCCCc1ccc(OC)c(OC)c1. The maximum Gasteiger partial charge on any atom is 0.160 e. The minimum Gasteiger partial charge on any atom is -0.493 e. The number of ketones is 1. The van der Waals surface area contributed by atoms with Gasteiger partial charge in [-0.15, -0.1) is 0 Å². The van der Waals surface area contributed by atoms with Gasteiger partial charge in [0.1, 0.15) is 0 Å². The summed E-state index contributed by atoms with van der Waals surface area (Å²) in [6.07, 6.45) is 21.9. The van der Waals surface area contributed by atoms with Gasteiger partial charge in [0.15, 0.2) is 17.3 Å². The molecule has 0 spiro atoms. The molecule has 3 heteroatoms. The number of methoxy groups -OCH3 is 2. The Balaban J connectivity index is 2.01. The number of hydrogen-bond acceptors (Lipinski definition) is 3. The molecule has 1 aromatic rings. The summed E-state index contributed by atoms with van der Waals surface area (Å²) in [6, 6.07) is 6.05. The molecule has 0 fully saturated rings. The van der Waals surface area contributed by atoms with Gasteiger partial charge >= 0.3 is 0 Å². The highest BCUT2D eigenvalue weighted by molar-refractivity contribution is 5.89. The van der Waals surface area contributed by atoms with E-state index in [4.69, 9.17) is 9.47 Å². The predicted molar refractivity (Wildman–Crippen MR) is 128 cm³/mol. The zero-order valence-electron chi connectivity index (χ0n) is 19.7. The van der Waals surface area contributed by atoms with Crippen molar-refractivity contribution in [2.45, 2.75) is 103 Å². The maximum atomic E-state index is 12.0. The predicted octanol–water partition coefficient (Wildman–Crippen LogP) is 7.85. The number of carbonyl (C=O) groups is 1. The molecule has 3 nitrogen and oxygen atoms in total. The summed E-state index contributed by atoms with van der Waals surface area (Å²) in [5.74, 6) is 1.80. The Morgan fingerprint density at radius 2 is 1.40 bits per heavy atom. The summed E-state index contributed by atoms with van der Waals surface area (Å²) < 4.78 is 10.6. The molecule has 0 aliphatic rings. The van der Waals surface area contributed by atoms with E-state index in [0.29, 0.717) is 6.42 Å². The van der Waals surface area contributed by atoms with Crippen LogP contribution in [0.3, 0.4) is 0 Å². The van der Waals surface area contributed by atoms with Gasteiger partial charge in [-0.2, -0.15) is 0 Å². The molecular weight excluding hydrogens is 372 g/mol. The Labute approximate surface area is 185 Å². The number of hydrogen-bond donors (Lipinski definition) is 0. The van der Waals surface area contributed by atoms with Crippen LogP contribution in [0, 0.1) is 0 Å². The van der Waals surface area contributed by atoms with Gasteiger partial charge < -0.3 is 9.47 Å². The van der Waals surface area contributed by atoms with Gasteiger partial charge in [0.25, 0.3) is 0 Å². The van der Waals surface area contributed by atoms with Crippen LogP contribution in [-0.4, -0.2) is 20.0 Å². The smallest absolute Gasteiger partial charge is 0.160 e. The van der Waals surface area contributed by atoms with Gasteiger partial charge in [0.2, 0.25) is 0 Å². The quantitative estimate of drug-likeness (QED) is 0.170. The van der Waals surface area contributed by atoms with Crippen LogP contribution in [0.1, 0.15) is 102 Å². The van der Waals surface area contributed by atoms with E-state index >= 15 is 0 Å². The van der Waals surface area contributed by atoms with Crippen molar-refractivity contribution in [3.8, 4) is 11.5 Å². The highest BCUT2D eigenvalue weighted by atomic mass is 16.5. The van der Waals surface area contributed by atoms with Crippen molar-refractivity contribution >= 4 is 5.78 Å². The summed E-state index contributed by atoms with van der Waals surface area (Å²) in [5, 5.41) is 0. The first-order valence-corrected chi connectivity index (χ1v) is 12.1. The zero-order valence-corrected chi connectivity index (χ0v) is 19.7. The third-order valence-electron chi connectivity index (χ3n) is 5.61. The first-order chi connectivity index (χ1) is 14.7. The van der Waals surface area contributed by atoms with Crippen LogP contribution in [0.2, 0.25) is 0 Å². The number of carbonyl (C=O) groups excluding carboxylic acids is 1. The minimum atomic E-state index is 0.275. The normalized spacial score (nSPS) is 11.2. The molecule has 0 N–H and O–H groups in total. The highest BCUT2D eigenvalue weighted by Gasteiger charge is 2.04. The Morgan fingerprint density at radius 1 is 0.800 bits per heavy atom. The molecule has 0 aromatic heterocycles. The standard InChI is InChI=1S/C27H44O3/c1-4-5-6-7-8-9-10-11-12-13-16-19-25(28)20-17-14-15-18-24-21-22-26(29-2)27(23-24)30-3/h17,20-23H,4-16,18-19H2,1-3H3. The number of allylic oxidation sites excluding steroid dienone is 2. The molecule has 1 rings (SSSR count). The average Bonchev–Trinajstić information content (AvgIpc) is 2.77. The molecule has 0 saturated carbocycles. The number of benzene rings is 1. The van der Waals surface area contributed by atoms with Crippen molar-refractivity contribution in [1.82, 2.24) is 0 Å². The lowest BCUT2D eigenvalue weighted by molar-refractivity contribution is -0.114. The molecule has 0 unspecified atom stereocenters. The lowest BCUT2D eigenvalue weighted by atomic mass is 10.0. The van der Waals surface area contributed by atoms with Gasteiger partial charge in [-0.1, -0.05) is 83.3 Å². The molecule has 0 bridgehead atoms. The molecule has 1 aromatic carbocycles. The third-order valence-corrected chi connectivity index (χ3v) is 5.61. The summed E-state index contributed by atoms with van der Waals surface area (Å²) in [6.45, 7) is 2.27. The second-order valence-electron chi connectivity index (χ2n) is 8.24. The summed E-state index contributed by atoms with van der Waals surface area (Å²) >= 11 is 0. The second-order valence-corrected chi connectivity index (χ2v) is 8.24. The molecule has 0 aliphatic heterocycles. The highest BCUT2D eigenvalue weighted by Crippen LogP contribution is 2.28. The van der Waals surface area contributed by atoms with Crippen LogP contribution < -0.4 is 9.47 Å². The lowest BCUT2D eigenvalue weighted by Gasteiger charge is -2.09. The maximum absolute atomic E-state index is 12.0. The fourth-order valence-corrected chi connectivity index (χ4v) is 3.72. The zero-order chi connectivity index (χ0) is 21.9. The first kappa shape index (κ1) is 26.3. The largest absolute Gasteiger partial charge is 0.493 e. The van der Waals surface area contributed by atoms with E-state index in [0.717, 1.165) is 37.2 Å². The Morgan fingerprint density at radius 3 is 2.00 bits per heavy atom. The van der Waals surface area contributed by atoms with E-state index in [2.05, 4.69) is 13.0 Å². The molecule has 0 atom stereocenters. The first-order valence-electron chi connectivity index (χ1n) is 12.1.